The van der Waals surface area contributed by atoms with Gasteiger partial charge in [0.05, 0.1) is 25.1 Å². The Kier molecular flexibility index (Phi) is 2.59. The van der Waals surface area contributed by atoms with Crippen LogP contribution in [0.4, 0.5) is 0 Å². The van der Waals surface area contributed by atoms with Gasteiger partial charge in [0.1, 0.15) is 5.75 Å². The van der Waals surface area contributed by atoms with Crippen molar-refractivity contribution in [2.45, 2.75) is 18.9 Å². The summed E-state index contributed by atoms with van der Waals surface area (Å²) in [7, 11) is 0. The van der Waals surface area contributed by atoms with E-state index in [1.54, 1.807) is 36.1 Å². The predicted molar refractivity (Wildman–Crippen MR) is 59.0 cm³/mol. The molecular weight excluding hydrogens is 206 g/mol. The molecule has 2 N–H and O–H groups in total. The van der Waals surface area contributed by atoms with E-state index in [2.05, 4.69) is 0 Å². The first-order chi connectivity index (χ1) is 7.48. The van der Waals surface area contributed by atoms with Crippen LogP contribution in [0, 0.1) is 0 Å². The quantitative estimate of drug-likeness (QED) is 0.765. The standard InChI is InChI=1S/C12H15NO3/c1-12(16)7-13(8-12)11(15)6-9-4-2-3-5-10(9)14/h2-5,14,16H,6-8H2,1H3. The molecule has 1 heterocycles. The number of hydrogen-bond donors (Lipinski definition) is 2. The van der Waals surface area contributed by atoms with Crippen LogP contribution in [0.2, 0.25) is 0 Å². The lowest BCUT2D eigenvalue weighted by Crippen LogP contribution is -2.62. The number of carbonyl (C=O) groups excluding carboxylic acids is 1. The molecule has 1 amide bonds. The summed E-state index contributed by atoms with van der Waals surface area (Å²) in [6, 6.07) is 6.80. The first-order valence-electron chi connectivity index (χ1n) is 5.25. The molecule has 0 spiro atoms. The van der Waals surface area contributed by atoms with E-state index in [1.807, 2.05) is 0 Å². The molecule has 0 saturated carbocycles. The van der Waals surface area contributed by atoms with Gasteiger partial charge < -0.3 is 15.1 Å². The van der Waals surface area contributed by atoms with Gasteiger partial charge in [0, 0.05) is 5.56 Å². The van der Waals surface area contributed by atoms with E-state index in [0.29, 0.717) is 18.7 Å². The summed E-state index contributed by atoms with van der Waals surface area (Å²) < 4.78 is 0. The van der Waals surface area contributed by atoms with Crippen LogP contribution in [-0.4, -0.2) is 39.7 Å². The second-order valence-corrected chi connectivity index (χ2v) is 4.55. The number of benzene rings is 1. The van der Waals surface area contributed by atoms with Crippen LogP contribution in [0.5, 0.6) is 5.75 Å². The fraction of sp³-hybridized carbons (Fsp3) is 0.417. The highest BCUT2D eigenvalue weighted by Crippen LogP contribution is 2.22. The van der Waals surface area contributed by atoms with Crippen LogP contribution in [0.1, 0.15) is 12.5 Å². The molecule has 16 heavy (non-hydrogen) atoms. The lowest BCUT2D eigenvalue weighted by atomic mass is 9.96. The minimum atomic E-state index is -0.742. The number of aromatic hydroxyl groups is 1. The molecule has 0 unspecified atom stereocenters. The summed E-state index contributed by atoms with van der Waals surface area (Å²) in [5, 5.41) is 19.0. The van der Waals surface area contributed by atoms with Crippen molar-refractivity contribution in [2.24, 2.45) is 0 Å². The molecule has 86 valence electrons. The normalized spacial score (nSPS) is 18.0. The van der Waals surface area contributed by atoms with Gasteiger partial charge in [0.2, 0.25) is 5.91 Å². The molecule has 4 nitrogen and oxygen atoms in total. The maximum atomic E-state index is 11.7. The zero-order chi connectivity index (χ0) is 11.8. The highest BCUT2D eigenvalue weighted by molar-refractivity contribution is 5.80. The molecule has 1 fully saturated rings. The van der Waals surface area contributed by atoms with E-state index >= 15 is 0 Å². The number of likely N-dealkylation sites (tertiary alicyclic amines) is 1. The summed E-state index contributed by atoms with van der Waals surface area (Å²) in [6.45, 7) is 2.45. The minimum Gasteiger partial charge on any atom is -0.508 e. The molecule has 0 bridgehead atoms. The predicted octanol–water partition coefficient (Wildman–Crippen LogP) is 0.528. The molecular formula is C12H15NO3. The first kappa shape index (κ1) is 11.0. The number of phenols is 1. The van der Waals surface area contributed by atoms with Crippen molar-refractivity contribution in [1.82, 2.24) is 4.90 Å². The Hall–Kier alpha value is -1.55. The number of carbonyl (C=O) groups is 1. The highest BCUT2D eigenvalue weighted by Gasteiger charge is 2.39. The van der Waals surface area contributed by atoms with Gasteiger partial charge in [-0.1, -0.05) is 18.2 Å². The van der Waals surface area contributed by atoms with Crippen LogP contribution in [0.15, 0.2) is 24.3 Å². The van der Waals surface area contributed by atoms with E-state index in [1.165, 1.54) is 0 Å². The van der Waals surface area contributed by atoms with Crippen molar-refractivity contribution in [3.8, 4) is 5.75 Å². The van der Waals surface area contributed by atoms with E-state index in [4.69, 9.17) is 0 Å². The molecule has 4 heteroatoms. The van der Waals surface area contributed by atoms with Gasteiger partial charge in [-0.25, -0.2) is 0 Å². The van der Waals surface area contributed by atoms with Crippen LogP contribution in [0.25, 0.3) is 0 Å². The Morgan fingerprint density at radius 3 is 2.62 bits per heavy atom. The monoisotopic (exact) mass is 221 g/mol. The maximum Gasteiger partial charge on any atom is 0.227 e. The SMILES string of the molecule is CC1(O)CN(C(=O)Cc2ccccc2O)C1. The Morgan fingerprint density at radius 1 is 1.44 bits per heavy atom. The van der Waals surface area contributed by atoms with Crippen LogP contribution in [-0.2, 0) is 11.2 Å². The first-order valence-corrected chi connectivity index (χ1v) is 5.25. The van der Waals surface area contributed by atoms with Gasteiger partial charge in [0.25, 0.3) is 0 Å². The zero-order valence-corrected chi connectivity index (χ0v) is 9.18. The lowest BCUT2D eigenvalue weighted by Gasteiger charge is -2.44. The molecule has 0 radical (unpaired) electrons. The average Bonchev–Trinajstić information content (AvgIpc) is 2.17. The number of nitrogens with zero attached hydrogens (tertiary/aromatic N) is 1. The molecule has 1 aliphatic heterocycles. The van der Waals surface area contributed by atoms with Crippen molar-refractivity contribution in [3.05, 3.63) is 29.8 Å². The molecule has 1 aliphatic rings. The van der Waals surface area contributed by atoms with Crippen molar-refractivity contribution in [2.75, 3.05) is 13.1 Å². The lowest BCUT2D eigenvalue weighted by molar-refractivity contribution is -0.151. The van der Waals surface area contributed by atoms with Gasteiger partial charge in [-0.05, 0) is 13.0 Å². The maximum absolute atomic E-state index is 11.7. The van der Waals surface area contributed by atoms with Crippen molar-refractivity contribution in [3.63, 3.8) is 0 Å². The number of rotatable bonds is 2. The van der Waals surface area contributed by atoms with Gasteiger partial charge in [0.15, 0.2) is 0 Å². The molecule has 1 aromatic carbocycles. The number of amides is 1. The number of hydrogen-bond acceptors (Lipinski definition) is 3. The highest BCUT2D eigenvalue weighted by atomic mass is 16.3. The van der Waals surface area contributed by atoms with E-state index in [-0.39, 0.29) is 18.1 Å². The third-order valence-electron chi connectivity index (χ3n) is 2.75. The number of phenolic OH excluding ortho intramolecular Hbond substituents is 1. The van der Waals surface area contributed by atoms with Gasteiger partial charge >= 0.3 is 0 Å². The summed E-state index contributed by atoms with van der Waals surface area (Å²) >= 11 is 0. The molecule has 0 atom stereocenters. The van der Waals surface area contributed by atoms with Crippen molar-refractivity contribution >= 4 is 5.91 Å². The third-order valence-corrected chi connectivity index (χ3v) is 2.75. The average molecular weight is 221 g/mol. The van der Waals surface area contributed by atoms with E-state index in [0.717, 1.165) is 0 Å². The fourth-order valence-corrected chi connectivity index (χ4v) is 1.89. The van der Waals surface area contributed by atoms with Gasteiger partial charge in [-0.15, -0.1) is 0 Å². The second-order valence-electron chi connectivity index (χ2n) is 4.55. The number of aliphatic hydroxyl groups is 1. The van der Waals surface area contributed by atoms with Crippen molar-refractivity contribution in [1.29, 1.82) is 0 Å². The van der Waals surface area contributed by atoms with E-state index in [9.17, 15) is 15.0 Å². The third kappa shape index (κ3) is 2.17. The summed E-state index contributed by atoms with van der Waals surface area (Å²) in [5.41, 5.74) is -0.118. The Labute approximate surface area is 94.1 Å². The second kappa shape index (κ2) is 3.79. The zero-order valence-electron chi connectivity index (χ0n) is 9.18. The summed E-state index contributed by atoms with van der Waals surface area (Å²) in [6.07, 6.45) is 0.183. The fourth-order valence-electron chi connectivity index (χ4n) is 1.89. The van der Waals surface area contributed by atoms with Crippen LogP contribution >= 0.6 is 0 Å². The van der Waals surface area contributed by atoms with E-state index < -0.39 is 5.60 Å². The van der Waals surface area contributed by atoms with Crippen molar-refractivity contribution < 1.29 is 15.0 Å². The Balaban J connectivity index is 1.96. The Bertz CT molecular complexity index is 406. The van der Waals surface area contributed by atoms with Crippen LogP contribution < -0.4 is 0 Å². The topological polar surface area (TPSA) is 60.8 Å². The number of para-hydroxylation sites is 1. The number of β-amino-alcohol motifs (C(OH)–C–C–N with tert-alkyl or cyclic N) is 1. The minimum absolute atomic E-state index is 0.0620. The Morgan fingerprint density at radius 2 is 2.06 bits per heavy atom. The largest absolute Gasteiger partial charge is 0.508 e. The summed E-state index contributed by atoms with van der Waals surface area (Å²) in [5.74, 6) is 0.0798. The summed E-state index contributed by atoms with van der Waals surface area (Å²) in [4.78, 5) is 13.3. The van der Waals surface area contributed by atoms with Gasteiger partial charge in [-0.2, -0.15) is 0 Å². The van der Waals surface area contributed by atoms with Gasteiger partial charge in [-0.3, -0.25) is 4.79 Å². The molecule has 1 saturated heterocycles. The smallest absolute Gasteiger partial charge is 0.227 e. The van der Waals surface area contributed by atoms with Crippen LogP contribution in [0.3, 0.4) is 0 Å². The molecule has 2 rings (SSSR count). The molecule has 0 aliphatic carbocycles. The molecule has 1 aromatic rings. The molecule has 0 aromatic heterocycles.